The molecule has 0 aromatic carbocycles. The summed E-state index contributed by atoms with van der Waals surface area (Å²) in [7, 11) is 0. The van der Waals surface area contributed by atoms with E-state index in [0.717, 1.165) is 12.8 Å². The molecule has 0 saturated carbocycles. The number of carbonyl (C=O) groups is 3. The van der Waals surface area contributed by atoms with Crippen LogP contribution in [0, 0.1) is 0 Å². The molecule has 8 nitrogen and oxygen atoms in total. The summed E-state index contributed by atoms with van der Waals surface area (Å²) in [6.45, 7) is 10.6. The highest BCUT2D eigenvalue weighted by molar-refractivity contribution is 6.01. The molecule has 0 aliphatic carbocycles. The lowest BCUT2D eigenvalue weighted by atomic mass is 9.75. The van der Waals surface area contributed by atoms with Gasteiger partial charge in [0.2, 0.25) is 5.91 Å². The average molecular weight is 396 g/mol. The second-order valence-corrected chi connectivity index (χ2v) is 9.27. The molecule has 1 N–H and O–H groups in total. The molecular formula is C20H33N3O5. The van der Waals surface area contributed by atoms with Crippen LogP contribution in [0.2, 0.25) is 0 Å². The van der Waals surface area contributed by atoms with Crippen molar-refractivity contribution in [3.05, 3.63) is 0 Å². The number of aliphatic hydroxyl groups is 1. The zero-order chi connectivity index (χ0) is 20.9. The normalized spacial score (nSPS) is 29.9. The molecule has 3 saturated heterocycles. The molecule has 3 aliphatic rings. The van der Waals surface area contributed by atoms with E-state index in [0.29, 0.717) is 32.5 Å². The molecule has 28 heavy (non-hydrogen) atoms. The van der Waals surface area contributed by atoms with Crippen LogP contribution in [-0.4, -0.2) is 86.7 Å². The molecule has 158 valence electrons. The predicted octanol–water partition coefficient (Wildman–Crippen LogP) is 1.36. The summed E-state index contributed by atoms with van der Waals surface area (Å²) >= 11 is 0. The van der Waals surface area contributed by atoms with Gasteiger partial charge in [0, 0.05) is 19.6 Å². The Bertz CT molecular complexity index is 653. The van der Waals surface area contributed by atoms with Crippen molar-refractivity contribution in [1.82, 2.24) is 14.7 Å². The van der Waals surface area contributed by atoms with Gasteiger partial charge in [-0.2, -0.15) is 0 Å². The van der Waals surface area contributed by atoms with Crippen LogP contribution in [0.15, 0.2) is 0 Å². The first-order chi connectivity index (χ1) is 13.0. The molecule has 3 fully saturated rings. The van der Waals surface area contributed by atoms with E-state index in [1.165, 1.54) is 9.80 Å². The fourth-order valence-corrected chi connectivity index (χ4v) is 4.86. The first-order valence-corrected chi connectivity index (χ1v) is 10.3. The quantitative estimate of drug-likeness (QED) is 0.729. The van der Waals surface area contributed by atoms with Crippen molar-refractivity contribution in [2.45, 2.75) is 89.6 Å². The van der Waals surface area contributed by atoms with E-state index in [1.54, 1.807) is 32.6 Å². The molecule has 2 unspecified atom stereocenters. The van der Waals surface area contributed by atoms with Crippen molar-refractivity contribution in [3.63, 3.8) is 0 Å². The van der Waals surface area contributed by atoms with Crippen LogP contribution in [-0.2, 0) is 14.3 Å². The summed E-state index contributed by atoms with van der Waals surface area (Å²) in [6.07, 6.45) is 1.67. The maximum Gasteiger partial charge on any atom is 0.411 e. The number of nitrogens with zero attached hydrogens (tertiary/aromatic N) is 3. The zero-order valence-corrected chi connectivity index (χ0v) is 17.6. The number of β-lactam (4-membered cyclic amide) rings is 1. The molecule has 1 spiro atoms. The Morgan fingerprint density at radius 3 is 2.29 bits per heavy atom. The van der Waals surface area contributed by atoms with Gasteiger partial charge >= 0.3 is 6.09 Å². The van der Waals surface area contributed by atoms with Crippen LogP contribution in [0.25, 0.3) is 0 Å². The fourth-order valence-electron chi connectivity index (χ4n) is 4.86. The molecule has 0 aromatic heterocycles. The monoisotopic (exact) mass is 395 g/mol. The van der Waals surface area contributed by atoms with Gasteiger partial charge in [0.15, 0.2) is 0 Å². The Hall–Kier alpha value is -1.83. The molecular weight excluding hydrogens is 362 g/mol. The van der Waals surface area contributed by atoms with E-state index in [1.807, 2.05) is 6.92 Å². The minimum absolute atomic E-state index is 0.204. The first-order valence-electron chi connectivity index (χ1n) is 10.3. The largest absolute Gasteiger partial charge is 0.444 e. The van der Waals surface area contributed by atoms with Crippen molar-refractivity contribution in [3.8, 4) is 0 Å². The van der Waals surface area contributed by atoms with Crippen LogP contribution < -0.4 is 0 Å². The summed E-state index contributed by atoms with van der Waals surface area (Å²) in [5.74, 6) is -0.467. The highest BCUT2D eigenvalue weighted by Gasteiger charge is 2.68. The van der Waals surface area contributed by atoms with Gasteiger partial charge < -0.3 is 19.6 Å². The van der Waals surface area contributed by atoms with Gasteiger partial charge in [-0.3, -0.25) is 14.5 Å². The topological polar surface area (TPSA) is 90.4 Å². The SMILES string of the molecule is CC1N([C@H](C(=O)N2CCCC2)[C@@H](C)O)C(=O)C12CCCN2C(=O)OC(C)(C)C. The number of hydrogen-bond acceptors (Lipinski definition) is 5. The van der Waals surface area contributed by atoms with Crippen LogP contribution in [0.3, 0.4) is 0 Å². The molecule has 0 aromatic rings. The minimum atomic E-state index is -0.978. The molecule has 4 atom stereocenters. The van der Waals surface area contributed by atoms with E-state index in [9.17, 15) is 19.5 Å². The van der Waals surface area contributed by atoms with Crippen LogP contribution >= 0.6 is 0 Å². The molecule has 3 amide bonds. The first kappa shape index (κ1) is 20.9. The second-order valence-electron chi connectivity index (χ2n) is 9.27. The van der Waals surface area contributed by atoms with Gasteiger partial charge in [0.25, 0.3) is 5.91 Å². The molecule has 0 bridgehead atoms. The lowest BCUT2D eigenvalue weighted by Gasteiger charge is -2.59. The van der Waals surface area contributed by atoms with Crippen molar-refractivity contribution in [1.29, 1.82) is 0 Å². The third-order valence-corrected chi connectivity index (χ3v) is 6.18. The summed E-state index contributed by atoms with van der Waals surface area (Å²) in [5, 5.41) is 10.3. The average Bonchev–Trinajstić information content (AvgIpc) is 3.26. The summed E-state index contributed by atoms with van der Waals surface area (Å²) in [5.41, 5.74) is -1.62. The number of rotatable bonds is 3. The Kier molecular flexibility index (Phi) is 5.38. The highest BCUT2D eigenvalue weighted by Crippen LogP contribution is 2.46. The number of amides is 3. The van der Waals surface area contributed by atoms with Crippen LogP contribution in [0.1, 0.15) is 60.3 Å². The van der Waals surface area contributed by atoms with Crippen molar-refractivity contribution in [2.24, 2.45) is 0 Å². The van der Waals surface area contributed by atoms with Crippen molar-refractivity contribution in [2.75, 3.05) is 19.6 Å². The molecule has 8 heteroatoms. The predicted molar refractivity (Wildman–Crippen MR) is 102 cm³/mol. The van der Waals surface area contributed by atoms with Crippen molar-refractivity contribution >= 4 is 17.9 Å². The molecule has 3 heterocycles. The van der Waals surface area contributed by atoms with Crippen LogP contribution in [0.4, 0.5) is 4.79 Å². The van der Waals surface area contributed by atoms with Gasteiger partial charge in [-0.25, -0.2) is 4.79 Å². The third-order valence-electron chi connectivity index (χ3n) is 6.18. The number of likely N-dealkylation sites (tertiary alicyclic amines) is 3. The third kappa shape index (κ3) is 3.25. The maximum atomic E-state index is 13.3. The van der Waals surface area contributed by atoms with E-state index in [-0.39, 0.29) is 17.9 Å². The number of ether oxygens (including phenoxy) is 1. The van der Waals surface area contributed by atoms with E-state index < -0.39 is 29.4 Å². The second kappa shape index (κ2) is 7.21. The summed E-state index contributed by atoms with van der Waals surface area (Å²) < 4.78 is 5.51. The smallest absolute Gasteiger partial charge is 0.411 e. The Morgan fingerprint density at radius 2 is 1.79 bits per heavy atom. The van der Waals surface area contributed by atoms with Gasteiger partial charge in [0.05, 0.1) is 12.1 Å². The lowest BCUT2D eigenvalue weighted by Crippen LogP contribution is -2.81. The van der Waals surface area contributed by atoms with Gasteiger partial charge in [-0.1, -0.05) is 0 Å². The van der Waals surface area contributed by atoms with Crippen molar-refractivity contribution < 1.29 is 24.2 Å². The molecule has 3 aliphatic heterocycles. The van der Waals surface area contributed by atoms with Gasteiger partial charge in [0.1, 0.15) is 17.2 Å². The minimum Gasteiger partial charge on any atom is -0.444 e. The standard InChI is InChI=1S/C20H33N3O5/c1-13(24)15(16(25)21-10-6-7-11-21)23-14(2)20(17(23)26)9-8-12-22(20)18(27)28-19(3,4)5/h13-15,24H,6-12H2,1-5H3/t13-,14?,15+,20?/m1/s1. The number of hydrogen-bond donors (Lipinski definition) is 1. The molecule has 0 radical (unpaired) electrons. The molecule has 3 rings (SSSR count). The van der Waals surface area contributed by atoms with E-state index in [4.69, 9.17) is 4.74 Å². The Balaban J connectivity index is 1.82. The lowest BCUT2D eigenvalue weighted by molar-refractivity contribution is -0.185. The number of aliphatic hydroxyl groups excluding tert-OH is 1. The summed E-state index contributed by atoms with van der Waals surface area (Å²) in [6, 6.07) is -1.27. The maximum absolute atomic E-state index is 13.3. The van der Waals surface area contributed by atoms with E-state index >= 15 is 0 Å². The van der Waals surface area contributed by atoms with Crippen LogP contribution in [0.5, 0.6) is 0 Å². The zero-order valence-electron chi connectivity index (χ0n) is 17.6. The van der Waals surface area contributed by atoms with Gasteiger partial charge in [-0.15, -0.1) is 0 Å². The van der Waals surface area contributed by atoms with Gasteiger partial charge in [-0.05, 0) is 60.3 Å². The summed E-state index contributed by atoms with van der Waals surface area (Å²) in [4.78, 5) is 43.8. The number of carbonyl (C=O) groups excluding carboxylic acids is 3. The van der Waals surface area contributed by atoms with E-state index in [2.05, 4.69) is 0 Å². The highest BCUT2D eigenvalue weighted by atomic mass is 16.6. The Labute approximate surface area is 166 Å². The fraction of sp³-hybridized carbons (Fsp3) is 0.850. The Morgan fingerprint density at radius 1 is 1.18 bits per heavy atom.